The van der Waals surface area contributed by atoms with Gasteiger partial charge in [0.1, 0.15) is 0 Å². The van der Waals surface area contributed by atoms with Gasteiger partial charge < -0.3 is 10.2 Å². The Hall–Kier alpha value is -1.72. The highest BCUT2D eigenvalue weighted by molar-refractivity contribution is 8.00. The Morgan fingerprint density at radius 3 is 2.68 bits per heavy atom. The lowest BCUT2D eigenvalue weighted by atomic mass is 10.2. The lowest BCUT2D eigenvalue weighted by Gasteiger charge is -2.01. The summed E-state index contributed by atoms with van der Waals surface area (Å²) in [5, 5.41) is 18.7. The molecule has 0 atom stereocenters. The van der Waals surface area contributed by atoms with E-state index >= 15 is 0 Å². The van der Waals surface area contributed by atoms with E-state index in [0.29, 0.717) is 5.75 Å². The molecule has 96 valence electrons. The van der Waals surface area contributed by atoms with Crippen molar-refractivity contribution in [2.75, 3.05) is 0 Å². The fourth-order valence-electron chi connectivity index (χ4n) is 1.72. The molecular formula is C14H11NO2S2. The number of phenols is 2. The molecule has 5 heteroatoms. The predicted octanol–water partition coefficient (Wildman–Crippen LogP) is 4.00. The number of thiazole rings is 1. The molecule has 0 aliphatic carbocycles. The molecule has 3 aromatic rings. The molecule has 0 aliphatic heterocycles. The van der Waals surface area contributed by atoms with Gasteiger partial charge in [-0.05, 0) is 29.8 Å². The number of aromatic hydroxyl groups is 2. The highest BCUT2D eigenvalue weighted by Crippen LogP contribution is 2.33. The average Bonchev–Trinajstić information content (AvgIpc) is 2.83. The second kappa shape index (κ2) is 5.11. The summed E-state index contributed by atoms with van der Waals surface area (Å²) in [5.74, 6) is 0.546. The number of benzene rings is 2. The highest BCUT2D eigenvalue weighted by Gasteiger charge is 2.05. The third kappa shape index (κ3) is 2.67. The van der Waals surface area contributed by atoms with Crippen LogP contribution in [0.2, 0.25) is 0 Å². The van der Waals surface area contributed by atoms with Crippen molar-refractivity contribution in [3.63, 3.8) is 0 Å². The Balaban J connectivity index is 1.76. The molecule has 0 bridgehead atoms. The van der Waals surface area contributed by atoms with Gasteiger partial charge in [0.2, 0.25) is 0 Å². The van der Waals surface area contributed by atoms with E-state index in [1.807, 2.05) is 18.2 Å². The van der Waals surface area contributed by atoms with E-state index in [2.05, 4.69) is 11.1 Å². The van der Waals surface area contributed by atoms with Crippen molar-refractivity contribution < 1.29 is 10.2 Å². The smallest absolute Gasteiger partial charge is 0.157 e. The van der Waals surface area contributed by atoms with Gasteiger partial charge in [-0.25, -0.2) is 4.98 Å². The number of para-hydroxylation sites is 1. The van der Waals surface area contributed by atoms with Crippen molar-refractivity contribution in [1.82, 2.24) is 4.98 Å². The Bertz CT molecular complexity index is 691. The molecule has 0 spiro atoms. The van der Waals surface area contributed by atoms with Crippen molar-refractivity contribution >= 4 is 33.3 Å². The molecule has 0 fully saturated rings. The molecule has 19 heavy (non-hydrogen) atoms. The van der Waals surface area contributed by atoms with Crippen LogP contribution in [0.25, 0.3) is 10.2 Å². The molecule has 0 aliphatic rings. The summed E-state index contributed by atoms with van der Waals surface area (Å²) in [5.41, 5.74) is 1.98. The van der Waals surface area contributed by atoms with E-state index < -0.39 is 0 Å². The first-order chi connectivity index (χ1) is 9.22. The average molecular weight is 289 g/mol. The third-order valence-electron chi connectivity index (χ3n) is 2.68. The van der Waals surface area contributed by atoms with Crippen LogP contribution in [0.1, 0.15) is 5.56 Å². The van der Waals surface area contributed by atoms with Gasteiger partial charge in [0, 0.05) is 5.75 Å². The van der Waals surface area contributed by atoms with Crippen molar-refractivity contribution in [3.05, 3.63) is 48.0 Å². The number of rotatable bonds is 3. The number of hydrogen-bond acceptors (Lipinski definition) is 5. The second-order valence-electron chi connectivity index (χ2n) is 4.06. The molecule has 2 N–H and O–H groups in total. The van der Waals surface area contributed by atoms with Crippen LogP contribution in [0.5, 0.6) is 11.5 Å². The van der Waals surface area contributed by atoms with Crippen molar-refractivity contribution in [1.29, 1.82) is 0 Å². The maximum atomic E-state index is 9.44. The molecule has 1 aromatic heterocycles. The first kappa shape index (κ1) is 12.3. The van der Waals surface area contributed by atoms with Crippen molar-refractivity contribution in [2.45, 2.75) is 10.1 Å². The number of phenolic OH excluding ortho intramolecular Hbond substituents is 2. The van der Waals surface area contributed by atoms with E-state index in [1.165, 1.54) is 10.8 Å². The zero-order valence-corrected chi connectivity index (χ0v) is 11.5. The largest absolute Gasteiger partial charge is 0.504 e. The molecule has 0 radical (unpaired) electrons. The summed E-state index contributed by atoms with van der Waals surface area (Å²) < 4.78 is 2.19. The minimum atomic E-state index is -0.0891. The van der Waals surface area contributed by atoms with Crippen LogP contribution in [0, 0.1) is 0 Å². The number of hydrogen-bond donors (Lipinski definition) is 2. The lowest BCUT2D eigenvalue weighted by molar-refractivity contribution is 0.403. The second-order valence-corrected chi connectivity index (χ2v) is 6.31. The standard InChI is InChI=1S/C14H11NO2S2/c16-11-6-5-9(7-12(11)17)8-18-14-15-10-3-1-2-4-13(10)19-14/h1-7,16-17H,8H2. The molecule has 3 nitrogen and oxygen atoms in total. The summed E-state index contributed by atoms with van der Waals surface area (Å²) in [7, 11) is 0. The quantitative estimate of drug-likeness (QED) is 0.565. The number of nitrogens with zero attached hydrogens (tertiary/aromatic N) is 1. The Morgan fingerprint density at radius 1 is 1.05 bits per heavy atom. The van der Waals surface area contributed by atoms with E-state index in [9.17, 15) is 10.2 Å². The normalized spacial score (nSPS) is 10.9. The van der Waals surface area contributed by atoms with Gasteiger partial charge in [0.05, 0.1) is 10.2 Å². The first-order valence-electron chi connectivity index (χ1n) is 5.71. The SMILES string of the molecule is Oc1ccc(CSc2nc3ccccc3s2)cc1O. The minimum absolute atomic E-state index is 0.0811. The molecule has 0 saturated heterocycles. The summed E-state index contributed by atoms with van der Waals surface area (Å²) >= 11 is 3.29. The van der Waals surface area contributed by atoms with Gasteiger partial charge >= 0.3 is 0 Å². The van der Waals surface area contributed by atoms with E-state index in [0.717, 1.165) is 15.4 Å². The maximum Gasteiger partial charge on any atom is 0.157 e. The summed E-state index contributed by atoms with van der Waals surface area (Å²) in [6, 6.07) is 12.9. The Morgan fingerprint density at radius 2 is 1.89 bits per heavy atom. The molecule has 0 amide bonds. The van der Waals surface area contributed by atoms with Crippen LogP contribution in [0.3, 0.4) is 0 Å². The van der Waals surface area contributed by atoms with E-state index in [1.54, 1.807) is 35.2 Å². The van der Waals surface area contributed by atoms with Gasteiger partial charge in [0.15, 0.2) is 15.8 Å². The van der Waals surface area contributed by atoms with Crippen LogP contribution >= 0.6 is 23.1 Å². The van der Waals surface area contributed by atoms with Crippen LogP contribution in [0.4, 0.5) is 0 Å². The lowest BCUT2D eigenvalue weighted by Crippen LogP contribution is -1.80. The van der Waals surface area contributed by atoms with Gasteiger partial charge in [-0.1, -0.05) is 30.0 Å². The van der Waals surface area contributed by atoms with Crippen molar-refractivity contribution in [2.24, 2.45) is 0 Å². The summed E-state index contributed by atoms with van der Waals surface area (Å²) in [6.45, 7) is 0. The van der Waals surface area contributed by atoms with E-state index in [-0.39, 0.29) is 11.5 Å². The summed E-state index contributed by atoms with van der Waals surface area (Å²) in [6.07, 6.45) is 0. The first-order valence-corrected chi connectivity index (χ1v) is 7.52. The molecule has 0 unspecified atom stereocenters. The maximum absolute atomic E-state index is 9.44. The van der Waals surface area contributed by atoms with Gasteiger partial charge in [-0.15, -0.1) is 11.3 Å². The van der Waals surface area contributed by atoms with Crippen LogP contribution in [-0.4, -0.2) is 15.2 Å². The molecule has 3 rings (SSSR count). The highest BCUT2D eigenvalue weighted by atomic mass is 32.2. The molecular weight excluding hydrogens is 278 g/mol. The van der Waals surface area contributed by atoms with Gasteiger partial charge in [0.25, 0.3) is 0 Å². The Labute approximate surface area is 118 Å². The van der Waals surface area contributed by atoms with E-state index in [4.69, 9.17) is 0 Å². The topological polar surface area (TPSA) is 53.4 Å². The molecule has 1 heterocycles. The van der Waals surface area contributed by atoms with Crippen LogP contribution in [-0.2, 0) is 5.75 Å². The van der Waals surface area contributed by atoms with Gasteiger partial charge in [-0.3, -0.25) is 0 Å². The zero-order chi connectivity index (χ0) is 13.2. The van der Waals surface area contributed by atoms with Gasteiger partial charge in [-0.2, -0.15) is 0 Å². The monoisotopic (exact) mass is 289 g/mol. The number of fused-ring (bicyclic) bond motifs is 1. The molecule has 0 saturated carbocycles. The Kier molecular flexibility index (Phi) is 3.31. The fraction of sp³-hybridized carbons (Fsp3) is 0.0714. The summed E-state index contributed by atoms with van der Waals surface area (Å²) in [4.78, 5) is 4.54. The fourth-order valence-corrected chi connectivity index (χ4v) is 3.73. The van der Waals surface area contributed by atoms with Crippen LogP contribution in [0.15, 0.2) is 46.8 Å². The third-order valence-corrected chi connectivity index (χ3v) is 4.93. The minimum Gasteiger partial charge on any atom is -0.504 e. The van der Waals surface area contributed by atoms with Crippen LogP contribution < -0.4 is 0 Å². The predicted molar refractivity (Wildman–Crippen MR) is 79.0 cm³/mol. The van der Waals surface area contributed by atoms with Crippen molar-refractivity contribution in [3.8, 4) is 11.5 Å². The number of thioether (sulfide) groups is 1. The molecule has 2 aromatic carbocycles. The zero-order valence-electron chi connectivity index (χ0n) is 9.91. The number of aromatic nitrogens is 1.